The van der Waals surface area contributed by atoms with Crippen LogP contribution < -0.4 is 4.90 Å². The summed E-state index contributed by atoms with van der Waals surface area (Å²) in [5, 5.41) is 2.06. The van der Waals surface area contributed by atoms with E-state index in [1.807, 2.05) is 54.2 Å². The fourth-order valence-electron chi connectivity index (χ4n) is 2.59. The Morgan fingerprint density at radius 2 is 1.92 bits per heavy atom. The highest BCUT2D eigenvalue weighted by molar-refractivity contribution is 7.10. The van der Waals surface area contributed by atoms with Crippen molar-refractivity contribution in [1.29, 1.82) is 0 Å². The average molecular weight is 366 g/mol. The lowest BCUT2D eigenvalue weighted by atomic mass is 10.2. The van der Waals surface area contributed by atoms with Crippen LogP contribution >= 0.6 is 11.3 Å². The largest absolute Gasteiger partial charge is 0.363 e. The number of rotatable bonds is 6. The zero-order valence-corrected chi connectivity index (χ0v) is 16.0. The van der Waals surface area contributed by atoms with Gasteiger partial charge in [-0.2, -0.15) is 0 Å². The molecule has 0 aliphatic heterocycles. The van der Waals surface area contributed by atoms with Crippen molar-refractivity contribution < 1.29 is 4.79 Å². The molecule has 3 heterocycles. The van der Waals surface area contributed by atoms with Crippen LogP contribution in [0.3, 0.4) is 0 Å². The van der Waals surface area contributed by atoms with Crippen LogP contribution in [0.2, 0.25) is 0 Å². The summed E-state index contributed by atoms with van der Waals surface area (Å²) in [7, 11) is 3.85. The van der Waals surface area contributed by atoms with E-state index in [1.165, 1.54) is 10.4 Å². The Bertz CT molecular complexity index is 859. The first-order valence-electron chi connectivity index (χ1n) is 8.40. The van der Waals surface area contributed by atoms with E-state index in [2.05, 4.69) is 28.3 Å². The number of pyridine rings is 2. The van der Waals surface area contributed by atoms with Crippen molar-refractivity contribution in [3.63, 3.8) is 0 Å². The molecule has 3 aromatic heterocycles. The highest BCUT2D eigenvalue weighted by Gasteiger charge is 2.19. The average Bonchev–Trinajstić information content (AvgIpc) is 3.06. The number of amides is 1. The molecule has 0 bridgehead atoms. The van der Waals surface area contributed by atoms with Crippen LogP contribution in [-0.2, 0) is 13.1 Å². The SMILES string of the molecule is Cc1ccsc1CN(Cc1ccccn1)C(=O)c1ccc(N(C)C)nc1. The summed E-state index contributed by atoms with van der Waals surface area (Å²) in [4.78, 5) is 26.8. The second kappa shape index (κ2) is 8.10. The monoisotopic (exact) mass is 366 g/mol. The van der Waals surface area contributed by atoms with Crippen LogP contribution in [0.5, 0.6) is 0 Å². The van der Waals surface area contributed by atoms with Gasteiger partial charge in [-0.25, -0.2) is 4.98 Å². The fraction of sp³-hybridized carbons (Fsp3) is 0.250. The van der Waals surface area contributed by atoms with Crippen molar-refractivity contribution in [2.45, 2.75) is 20.0 Å². The number of aryl methyl sites for hydroxylation is 1. The van der Waals surface area contributed by atoms with Gasteiger partial charge < -0.3 is 9.80 Å². The van der Waals surface area contributed by atoms with Gasteiger partial charge in [0.15, 0.2) is 0 Å². The number of thiophene rings is 1. The van der Waals surface area contributed by atoms with Crippen LogP contribution in [0.25, 0.3) is 0 Å². The first-order chi connectivity index (χ1) is 12.5. The summed E-state index contributed by atoms with van der Waals surface area (Å²) in [6.07, 6.45) is 3.40. The number of hydrogen-bond donors (Lipinski definition) is 0. The predicted octanol–water partition coefficient (Wildman–Crippen LogP) is 3.76. The molecule has 3 aromatic rings. The van der Waals surface area contributed by atoms with Crippen molar-refractivity contribution in [2.75, 3.05) is 19.0 Å². The van der Waals surface area contributed by atoms with Crippen molar-refractivity contribution in [3.8, 4) is 0 Å². The summed E-state index contributed by atoms with van der Waals surface area (Å²) in [6.45, 7) is 3.10. The molecule has 0 atom stereocenters. The van der Waals surface area contributed by atoms with E-state index in [1.54, 1.807) is 23.7 Å². The molecule has 1 amide bonds. The maximum absolute atomic E-state index is 13.1. The molecule has 0 N–H and O–H groups in total. The van der Waals surface area contributed by atoms with Gasteiger partial charge in [-0.3, -0.25) is 9.78 Å². The second-order valence-corrected chi connectivity index (χ2v) is 7.31. The minimum atomic E-state index is -0.0405. The highest BCUT2D eigenvalue weighted by atomic mass is 32.1. The van der Waals surface area contributed by atoms with Gasteiger partial charge in [0.1, 0.15) is 5.82 Å². The number of anilines is 1. The predicted molar refractivity (Wildman–Crippen MR) is 105 cm³/mol. The maximum atomic E-state index is 13.1. The standard InChI is InChI=1S/C20H22N4OS/c1-15-9-11-26-18(15)14-24(13-17-6-4-5-10-21-17)20(25)16-7-8-19(22-12-16)23(2)3/h4-12H,13-14H2,1-3H3. The Hall–Kier alpha value is -2.73. The Kier molecular flexibility index (Phi) is 5.63. The first kappa shape index (κ1) is 18.1. The summed E-state index contributed by atoms with van der Waals surface area (Å²) < 4.78 is 0. The number of carbonyl (C=O) groups excluding carboxylic acids is 1. The molecule has 0 aliphatic carbocycles. The number of aromatic nitrogens is 2. The van der Waals surface area contributed by atoms with Crippen LogP contribution in [0.15, 0.2) is 54.2 Å². The minimum absolute atomic E-state index is 0.0405. The third-order valence-corrected chi connectivity index (χ3v) is 5.13. The van der Waals surface area contributed by atoms with Crippen LogP contribution in [-0.4, -0.2) is 34.9 Å². The van der Waals surface area contributed by atoms with Gasteiger partial charge in [0.2, 0.25) is 0 Å². The Morgan fingerprint density at radius 1 is 1.08 bits per heavy atom. The smallest absolute Gasteiger partial charge is 0.256 e. The molecule has 0 aliphatic rings. The summed E-state index contributed by atoms with van der Waals surface area (Å²) >= 11 is 1.67. The van der Waals surface area contributed by atoms with Crippen LogP contribution in [0.1, 0.15) is 26.5 Å². The van der Waals surface area contributed by atoms with Crippen LogP contribution in [0.4, 0.5) is 5.82 Å². The van der Waals surface area contributed by atoms with E-state index in [9.17, 15) is 4.79 Å². The normalized spacial score (nSPS) is 10.6. The highest BCUT2D eigenvalue weighted by Crippen LogP contribution is 2.21. The maximum Gasteiger partial charge on any atom is 0.256 e. The lowest BCUT2D eigenvalue weighted by Gasteiger charge is -2.22. The molecule has 0 saturated carbocycles. The molecule has 0 spiro atoms. The second-order valence-electron chi connectivity index (χ2n) is 6.31. The summed E-state index contributed by atoms with van der Waals surface area (Å²) in [6, 6.07) is 11.5. The Morgan fingerprint density at radius 3 is 2.50 bits per heavy atom. The number of carbonyl (C=O) groups is 1. The molecule has 26 heavy (non-hydrogen) atoms. The number of hydrogen-bond acceptors (Lipinski definition) is 5. The molecule has 3 rings (SSSR count). The van der Waals surface area contributed by atoms with E-state index in [0.717, 1.165) is 11.5 Å². The molecule has 0 unspecified atom stereocenters. The zero-order valence-electron chi connectivity index (χ0n) is 15.2. The lowest BCUT2D eigenvalue weighted by molar-refractivity contribution is 0.0729. The summed E-state index contributed by atoms with van der Waals surface area (Å²) in [5.74, 6) is 0.785. The van der Waals surface area contributed by atoms with Gasteiger partial charge in [0.05, 0.1) is 24.3 Å². The van der Waals surface area contributed by atoms with Crippen LogP contribution in [0, 0.1) is 6.92 Å². The van der Waals surface area contributed by atoms with Crippen molar-refractivity contribution in [3.05, 3.63) is 75.9 Å². The quantitative estimate of drug-likeness (QED) is 0.667. The molecule has 134 valence electrons. The molecule has 0 radical (unpaired) electrons. The molecular formula is C20H22N4OS. The van der Waals surface area contributed by atoms with Gasteiger partial charge in [-0.05, 0) is 48.2 Å². The molecule has 0 fully saturated rings. The Balaban J connectivity index is 1.86. The topological polar surface area (TPSA) is 49.3 Å². The van der Waals surface area contributed by atoms with E-state index in [4.69, 9.17) is 0 Å². The fourth-order valence-corrected chi connectivity index (χ4v) is 3.51. The first-order valence-corrected chi connectivity index (χ1v) is 9.28. The van der Waals surface area contributed by atoms with Gasteiger partial charge in [0.25, 0.3) is 5.91 Å². The Labute approximate surface area is 157 Å². The summed E-state index contributed by atoms with van der Waals surface area (Å²) in [5.41, 5.74) is 2.66. The van der Waals surface area contributed by atoms with E-state index < -0.39 is 0 Å². The molecule has 6 heteroatoms. The van der Waals surface area contributed by atoms with Crippen molar-refractivity contribution in [2.24, 2.45) is 0 Å². The van der Waals surface area contributed by atoms with E-state index in [-0.39, 0.29) is 5.91 Å². The van der Waals surface area contributed by atoms with Crippen molar-refractivity contribution in [1.82, 2.24) is 14.9 Å². The molecule has 0 saturated heterocycles. The zero-order chi connectivity index (χ0) is 18.5. The van der Waals surface area contributed by atoms with Gasteiger partial charge in [-0.15, -0.1) is 11.3 Å². The number of nitrogens with zero attached hydrogens (tertiary/aromatic N) is 4. The molecule has 5 nitrogen and oxygen atoms in total. The van der Waals surface area contributed by atoms with Gasteiger partial charge in [0, 0.05) is 31.4 Å². The third kappa shape index (κ3) is 4.26. The lowest BCUT2D eigenvalue weighted by Crippen LogP contribution is -2.30. The van der Waals surface area contributed by atoms with Gasteiger partial charge >= 0.3 is 0 Å². The molecule has 0 aromatic carbocycles. The molecular weight excluding hydrogens is 344 g/mol. The van der Waals surface area contributed by atoms with E-state index >= 15 is 0 Å². The minimum Gasteiger partial charge on any atom is -0.363 e. The van der Waals surface area contributed by atoms with Gasteiger partial charge in [-0.1, -0.05) is 6.07 Å². The van der Waals surface area contributed by atoms with Crippen molar-refractivity contribution >= 4 is 23.1 Å². The third-order valence-electron chi connectivity index (χ3n) is 4.12. The van der Waals surface area contributed by atoms with E-state index in [0.29, 0.717) is 18.7 Å².